The average molecular weight is 312 g/mol. The number of nitrogens with one attached hydrogen (secondary N) is 1. The molecule has 4 heteroatoms. The van der Waals surface area contributed by atoms with E-state index in [-0.39, 0.29) is 12.5 Å². The highest BCUT2D eigenvalue weighted by Crippen LogP contribution is 2.23. The lowest BCUT2D eigenvalue weighted by Gasteiger charge is -2.22. The van der Waals surface area contributed by atoms with Crippen molar-refractivity contribution in [3.63, 3.8) is 0 Å². The summed E-state index contributed by atoms with van der Waals surface area (Å²) in [6.45, 7) is 0.0825. The summed E-state index contributed by atoms with van der Waals surface area (Å²) >= 11 is 3.39. The molecule has 1 N–H and O–H groups in total. The minimum atomic E-state index is -0.0300. The Kier molecular flexibility index (Phi) is 5.05. The first kappa shape index (κ1) is 13.4. The van der Waals surface area contributed by atoms with Crippen molar-refractivity contribution in [1.29, 1.82) is 0 Å². The first-order chi connectivity index (χ1) is 8.75. The molecular formula is C14H18BrNO2. The maximum atomic E-state index is 11.7. The molecule has 0 spiro atoms. The van der Waals surface area contributed by atoms with Gasteiger partial charge in [0.05, 0.1) is 4.47 Å². The van der Waals surface area contributed by atoms with Crippen molar-refractivity contribution in [2.45, 2.75) is 38.1 Å². The normalized spacial score (nSPS) is 16.3. The third kappa shape index (κ3) is 4.02. The largest absolute Gasteiger partial charge is 0.483 e. The predicted octanol–water partition coefficient (Wildman–Crippen LogP) is 3.28. The van der Waals surface area contributed by atoms with E-state index in [1.54, 1.807) is 0 Å². The Morgan fingerprint density at radius 1 is 1.28 bits per heavy atom. The minimum absolute atomic E-state index is 0.0300. The zero-order chi connectivity index (χ0) is 12.8. The lowest BCUT2D eigenvalue weighted by Crippen LogP contribution is -2.38. The maximum Gasteiger partial charge on any atom is 0.258 e. The van der Waals surface area contributed by atoms with Gasteiger partial charge in [-0.15, -0.1) is 0 Å². The molecular weight excluding hydrogens is 294 g/mol. The van der Waals surface area contributed by atoms with Crippen LogP contribution >= 0.6 is 15.9 Å². The highest BCUT2D eigenvalue weighted by molar-refractivity contribution is 9.10. The fourth-order valence-corrected chi connectivity index (χ4v) is 2.62. The lowest BCUT2D eigenvalue weighted by molar-refractivity contribution is -0.124. The van der Waals surface area contributed by atoms with Gasteiger partial charge >= 0.3 is 0 Å². The number of ether oxygens (including phenoxy) is 1. The molecule has 0 saturated heterocycles. The predicted molar refractivity (Wildman–Crippen MR) is 74.7 cm³/mol. The lowest BCUT2D eigenvalue weighted by atomic mass is 9.95. The minimum Gasteiger partial charge on any atom is -0.483 e. The molecule has 0 bridgehead atoms. The molecule has 1 saturated carbocycles. The van der Waals surface area contributed by atoms with Crippen LogP contribution in [-0.4, -0.2) is 18.6 Å². The topological polar surface area (TPSA) is 38.3 Å². The van der Waals surface area contributed by atoms with E-state index in [1.165, 1.54) is 19.3 Å². The van der Waals surface area contributed by atoms with Gasteiger partial charge < -0.3 is 10.1 Å². The second kappa shape index (κ2) is 6.78. The Bertz CT molecular complexity index is 403. The number of carbonyl (C=O) groups is 1. The highest BCUT2D eigenvalue weighted by atomic mass is 79.9. The first-order valence-electron chi connectivity index (χ1n) is 6.42. The van der Waals surface area contributed by atoms with Gasteiger partial charge in [0.1, 0.15) is 5.75 Å². The van der Waals surface area contributed by atoms with E-state index in [1.807, 2.05) is 24.3 Å². The second-order valence-electron chi connectivity index (χ2n) is 4.62. The van der Waals surface area contributed by atoms with Gasteiger partial charge in [0.15, 0.2) is 6.61 Å². The van der Waals surface area contributed by atoms with Crippen LogP contribution in [0, 0.1) is 0 Å². The van der Waals surface area contributed by atoms with Crippen LogP contribution in [0.2, 0.25) is 0 Å². The van der Waals surface area contributed by atoms with Gasteiger partial charge in [-0.25, -0.2) is 0 Å². The molecule has 0 unspecified atom stereocenters. The summed E-state index contributed by atoms with van der Waals surface area (Å²) in [7, 11) is 0. The smallest absolute Gasteiger partial charge is 0.258 e. The van der Waals surface area contributed by atoms with Crippen molar-refractivity contribution in [3.8, 4) is 5.75 Å². The molecule has 1 aromatic rings. The van der Waals surface area contributed by atoms with Gasteiger partial charge in [-0.3, -0.25) is 4.79 Å². The fraction of sp³-hybridized carbons (Fsp3) is 0.500. The van der Waals surface area contributed by atoms with Gasteiger partial charge in [0.2, 0.25) is 0 Å². The van der Waals surface area contributed by atoms with Crippen LogP contribution in [0.15, 0.2) is 28.7 Å². The molecule has 3 nitrogen and oxygen atoms in total. The number of amides is 1. The number of carbonyl (C=O) groups excluding carboxylic acids is 1. The third-order valence-corrected chi connectivity index (χ3v) is 3.82. The molecule has 0 aromatic heterocycles. The molecule has 0 radical (unpaired) electrons. The zero-order valence-electron chi connectivity index (χ0n) is 10.3. The molecule has 1 fully saturated rings. The number of para-hydroxylation sites is 1. The van der Waals surface area contributed by atoms with Gasteiger partial charge in [0, 0.05) is 6.04 Å². The fourth-order valence-electron chi connectivity index (χ4n) is 2.22. The van der Waals surface area contributed by atoms with Crippen molar-refractivity contribution in [2.75, 3.05) is 6.61 Å². The molecule has 2 rings (SSSR count). The van der Waals surface area contributed by atoms with Crippen molar-refractivity contribution in [3.05, 3.63) is 28.7 Å². The monoisotopic (exact) mass is 311 g/mol. The molecule has 0 heterocycles. The summed E-state index contributed by atoms with van der Waals surface area (Å²) in [5, 5.41) is 3.03. The van der Waals surface area contributed by atoms with Crippen LogP contribution in [0.3, 0.4) is 0 Å². The SMILES string of the molecule is O=C(COc1ccccc1Br)NC1CCCCC1. The van der Waals surface area contributed by atoms with Gasteiger partial charge in [-0.2, -0.15) is 0 Å². The highest BCUT2D eigenvalue weighted by Gasteiger charge is 2.15. The Balaban J connectivity index is 1.76. The second-order valence-corrected chi connectivity index (χ2v) is 5.48. The number of halogens is 1. The van der Waals surface area contributed by atoms with Crippen LogP contribution in [0.5, 0.6) is 5.75 Å². The molecule has 1 aromatic carbocycles. The summed E-state index contributed by atoms with van der Waals surface area (Å²) in [5.74, 6) is 0.675. The van der Waals surface area contributed by atoms with E-state index in [2.05, 4.69) is 21.2 Å². The van der Waals surface area contributed by atoms with E-state index in [4.69, 9.17) is 4.74 Å². The van der Waals surface area contributed by atoms with Gasteiger partial charge in [-0.05, 0) is 40.9 Å². The summed E-state index contributed by atoms with van der Waals surface area (Å²) < 4.78 is 6.35. The summed E-state index contributed by atoms with van der Waals surface area (Å²) in [5.41, 5.74) is 0. The molecule has 1 aliphatic carbocycles. The van der Waals surface area contributed by atoms with Crippen molar-refractivity contribution < 1.29 is 9.53 Å². The number of rotatable bonds is 4. The van der Waals surface area contributed by atoms with Crippen molar-refractivity contribution >= 4 is 21.8 Å². The standard InChI is InChI=1S/C14H18BrNO2/c15-12-8-4-5-9-13(12)18-10-14(17)16-11-6-2-1-3-7-11/h4-5,8-9,11H,1-3,6-7,10H2,(H,16,17). The summed E-state index contributed by atoms with van der Waals surface area (Å²) in [4.78, 5) is 11.7. The molecule has 98 valence electrons. The number of benzene rings is 1. The Labute approximate surface area is 116 Å². The van der Waals surface area contributed by atoms with Crippen molar-refractivity contribution in [1.82, 2.24) is 5.32 Å². The van der Waals surface area contributed by atoms with E-state index in [0.717, 1.165) is 17.3 Å². The Hall–Kier alpha value is -1.03. The van der Waals surface area contributed by atoms with Gasteiger partial charge in [-0.1, -0.05) is 31.4 Å². The Morgan fingerprint density at radius 2 is 2.00 bits per heavy atom. The number of hydrogen-bond acceptors (Lipinski definition) is 2. The van der Waals surface area contributed by atoms with Crippen LogP contribution in [0.25, 0.3) is 0 Å². The van der Waals surface area contributed by atoms with E-state index in [9.17, 15) is 4.79 Å². The summed E-state index contributed by atoms with van der Waals surface area (Å²) in [6.07, 6.45) is 5.92. The first-order valence-corrected chi connectivity index (χ1v) is 7.21. The number of hydrogen-bond donors (Lipinski definition) is 1. The van der Waals surface area contributed by atoms with Crippen LogP contribution in [0.4, 0.5) is 0 Å². The molecule has 0 atom stereocenters. The zero-order valence-corrected chi connectivity index (χ0v) is 11.9. The molecule has 18 heavy (non-hydrogen) atoms. The van der Waals surface area contributed by atoms with Gasteiger partial charge in [0.25, 0.3) is 5.91 Å². The van der Waals surface area contributed by atoms with E-state index in [0.29, 0.717) is 11.8 Å². The quantitative estimate of drug-likeness (QED) is 0.926. The molecule has 0 aliphatic heterocycles. The van der Waals surface area contributed by atoms with Crippen molar-refractivity contribution in [2.24, 2.45) is 0 Å². The molecule has 1 amide bonds. The van der Waals surface area contributed by atoms with E-state index < -0.39 is 0 Å². The van der Waals surface area contributed by atoms with Crippen LogP contribution in [0.1, 0.15) is 32.1 Å². The van der Waals surface area contributed by atoms with E-state index >= 15 is 0 Å². The third-order valence-electron chi connectivity index (χ3n) is 3.17. The van der Waals surface area contributed by atoms with Crippen LogP contribution in [-0.2, 0) is 4.79 Å². The maximum absolute atomic E-state index is 11.7. The van der Waals surface area contributed by atoms with Crippen LogP contribution < -0.4 is 10.1 Å². The molecule has 1 aliphatic rings. The average Bonchev–Trinajstić information content (AvgIpc) is 2.39. The summed E-state index contributed by atoms with van der Waals surface area (Å²) in [6, 6.07) is 7.89. The Morgan fingerprint density at radius 3 is 2.72 bits per heavy atom.